The van der Waals surface area contributed by atoms with Gasteiger partial charge in [-0.25, -0.2) is 26.4 Å². The summed E-state index contributed by atoms with van der Waals surface area (Å²) in [6.45, 7) is 7.78. The third-order valence-corrected chi connectivity index (χ3v) is 8.60. The van der Waals surface area contributed by atoms with E-state index in [1.165, 1.54) is 24.3 Å². The molecule has 0 aliphatic carbocycles. The van der Waals surface area contributed by atoms with Crippen LogP contribution < -0.4 is 10.0 Å². The van der Waals surface area contributed by atoms with Gasteiger partial charge in [0, 0.05) is 36.3 Å². The van der Waals surface area contributed by atoms with Crippen molar-refractivity contribution in [2.24, 2.45) is 5.92 Å². The Balaban J connectivity index is 2.11. The smallest absolute Gasteiger partial charge is 0.404 e. The van der Waals surface area contributed by atoms with Crippen molar-refractivity contribution in [3.63, 3.8) is 0 Å². The Morgan fingerprint density at radius 2 is 1.47 bits per heavy atom. The maximum Gasteiger partial charge on any atom is 0.404 e. The molecule has 3 rings (SSSR count). The summed E-state index contributed by atoms with van der Waals surface area (Å²) in [6, 6.07) is 12.7. The van der Waals surface area contributed by atoms with Crippen molar-refractivity contribution in [3.05, 3.63) is 76.6 Å². The highest BCUT2D eigenvalue weighted by molar-refractivity contribution is 7.90. The molecule has 1 amide bonds. The molecule has 0 radical (unpaired) electrons. The molecule has 0 unspecified atom stereocenters. The van der Waals surface area contributed by atoms with E-state index < -0.39 is 26.0 Å². The first kappa shape index (κ1) is 29.3. The fraction of sp³-hybridized carbons (Fsp3) is 0.333. The lowest BCUT2D eigenvalue weighted by molar-refractivity contribution is 0.194. The van der Waals surface area contributed by atoms with Crippen molar-refractivity contribution in [2.45, 2.75) is 57.0 Å². The Hall–Kier alpha value is -3.28. The predicted octanol–water partition coefficient (Wildman–Crippen LogP) is 4.21. The van der Waals surface area contributed by atoms with Gasteiger partial charge in [0.15, 0.2) is 9.84 Å². The molecule has 1 heterocycles. The van der Waals surface area contributed by atoms with E-state index in [2.05, 4.69) is 10.0 Å². The molecule has 204 valence electrons. The highest BCUT2D eigenvalue weighted by atomic mass is 32.2. The number of nitrogens with zero attached hydrogens (tertiary/aromatic N) is 1. The summed E-state index contributed by atoms with van der Waals surface area (Å²) in [6.07, 6.45) is 0.502. The first-order chi connectivity index (χ1) is 17.7. The first-order valence-electron chi connectivity index (χ1n) is 12.0. The molecule has 3 N–H and O–H groups in total. The minimum absolute atomic E-state index is 0.0145. The van der Waals surface area contributed by atoms with Gasteiger partial charge < -0.3 is 10.4 Å². The molecule has 2 aromatic carbocycles. The number of benzene rings is 2. The molecule has 0 saturated carbocycles. The number of rotatable bonds is 10. The molecule has 0 spiro atoms. The van der Waals surface area contributed by atoms with Crippen LogP contribution in [0.25, 0.3) is 11.1 Å². The molecule has 0 atom stereocenters. The SMILES string of the molecule is Cc1ccc(-c2c(CNS(=O)(=O)c3ccc(S(C)(=O)=O)cc3)c(C)nc(CC(C)C)c2CNC(=O)O)cc1. The van der Waals surface area contributed by atoms with Crippen LogP contribution >= 0.6 is 0 Å². The lowest BCUT2D eigenvalue weighted by Gasteiger charge is -2.22. The van der Waals surface area contributed by atoms with Crippen LogP contribution in [0.1, 0.15) is 41.9 Å². The first-order valence-corrected chi connectivity index (χ1v) is 15.4. The monoisotopic (exact) mass is 559 g/mol. The van der Waals surface area contributed by atoms with E-state index in [9.17, 15) is 26.7 Å². The Morgan fingerprint density at radius 1 is 0.895 bits per heavy atom. The van der Waals surface area contributed by atoms with Crippen LogP contribution in [0, 0.1) is 19.8 Å². The Bertz CT molecular complexity index is 1530. The molecular weight excluding hydrogens is 526 g/mol. The Labute approximate surface area is 224 Å². The average Bonchev–Trinajstić information content (AvgIpc) is 2.82. The van der Waals surface area contributed by atoms with E-state index in [-0.39, 0.29) is 28.8 Å². The van der Waals surface area contributed by atoms with Gasteiger partial charge in [-0.1, -0.05) is 43.7 Å². The number of amides is 1. The number of nitrogens with one attached hydrogen (secondary N) is 2. The maximum absolute atomic E-state index is 13.1. The summed E-state index contributed by atoms with van der Waals surface area (Å²) >= 11 is 0. The fourth-order valence-corrected chi connectivity index (χ4v) is 5.78. The van der Waals surface area contributed by atoms with Crippen LogP contribution in [-0.2, 0) is 39.4 Å². The number of aromatic nitrogens is 1. The van der Waals surface area contributed by atoms with Crippen molar-refractivity contribution >= 4 is 26.0 Å². The maximum atomic E-state index is 13.1. The molecule has 3 aromatic rings. The van der Waals surface area contributed by atoms with Gasteiger partial charge in [0.1, 0.15) is 0 Å². The van der Waals surface area contributed by atoms with E-state index >= 15 is 0 Å². The number of pyridine rings is 1. The number of carbonyl (C=O) groups is 1. The van der Waals surface area contributed by atoms with Crippen LogP contribution in [0.5, 0.6) is 0 Å². The Morgan fingerprint density at radius 3 is 2.00 bits per heavy atom. The van der Waals surface area contributed by atoms with Gasteiger partial charge in [-0.15, -0.1) is 0 Å². The highest BCUT2D eigenvalue weighted by Gasteiger charge is 2.23. The van der Waals surface area contributed by atoms with Crippen molar-refractivity contribution < 1.29 is 26.7 Å². The van der Waals surface area contributed by atoms with E-state index in [0.29, 0.717) is 23.2 Å². The molecule has 11 heteroatoms. The molecule has 1 aromatic heterocycles. The summed E-state index contributed by atoms with van der Waals surface area (Å²) < 4.78 is 52.3. The molecule has 9 nitrogen and oxygen atoms in total. The minimum Gasteiger partial charge on any atom is -0.465 e. The van der Waals surface area contributed by atoms with E-state index in [4.69, 9.17) is 4.98 Å². The summed E-state index contributed by atoms with van der Waals surface area (Å²) in [5.74, 6) is 0.260. The van der Waals surface area contributed by atoms with Gasteiger partial charge in [-0.05, 0) is 67.1 Å². The fourth-order valence-electron chi connectivity index (χ4n) is 4.16. The number of carboxylic acid groups (broad SMARTS) is 1. The van der Waals surface area contributed by atoms with Crippen molar-refractivity contribution in [2.75, 3.05) is 6.26 Å². The zero-order valence-corrected chi connectivity index (χ0v) is 23.7. The van der Waals surface area contributed by atoms with Crippen molar-refractivity contribution in [1.82, 2.24) is 15.0 Å². The van der Waals surface area contributed by atoms with Crippen LogP contribution in [-0.4, -0.2) is 39.3 Å². The van der Waals surface area contributed by atoms with Crippen molar-refractivity contribution in [3.8, 4) is 11.1 Å². The van der Waals surface area contributed by atoms with Crippen LogP contribution in [0.4, 0.5) is 4.79 Å². The minimum atomic E-state index is -3.99. The topological polar surface area (TPSA) is 143 Å². The predicted molar refractivity (Wildman–Crippen MR) is 146 cm³/mol. The van der Waals surface area contributed by atoms with Gasteiger partial charge in [0.2, 0.25) is 10.0 Å². The van der Waals surface area contributed by atoms with E-state index in [0.717, 1.165) is 28.6 Å². The standard InChI is InChI=1S/C27H33N3O6S2/c1-17(2)14-25-24(15-28-27(31)32)26(20-8-6-18(3)7-9-20)23(19(4)30-25)16-29-38(35,36)22-12-10-21(11-13-22)37(5,33)34/h6-13,17,28-29H,14-16H2,1-5H3,(H,31,32). The van der Waals surface area contributed by atoms with E-state index in [1.807, 2.05) is 45.0 Å². The molecule has 0 bridgehead atoms. The summed E-state index contributed by atoms with van der Waals surface area (Å²) in [5.41, 5.74) is 5.31. The van der Waals surface area contributed by atoms with Crippen LogP contribution in [0.3, 0.4) is 0 Å². The third-order valence-electron chi connectivity index (χ3n) is 6.05. The summed E-state index contributed by atoms with van der Waals surface area (Å²) in [7, 11) is -7.46. The van der Waals surface area contributed by atoms with Crippen LogP contribution in [0.15, 0.2) is 58.3 Å². The zero-order chi connectivity index (χ0) is 28.3. The van der Waals surface area contributed by atoms with Gasteiger partial charge in [-0.3, -0.25) is 4.98 Å². The lowest BCUT2D eigenvalue weighted by atomic mass is 9.89. The number of hydrogen-bond acceptors (Lipinski definition) is 6. The lowest BCUT2D eigenvalue weighted by Crippen LogP contribution is -2.26. The second kappa shape index (κ2) is 11.6. The molecule has 0 saturated heterocycles. The average molecular weight is 560 g/mol. The zero-order valence-electron chi connectivity index (χ0n) is 22.1. The van der Waals surface area contributed by atoms with Crippen LogP contribution in [0.2, 0.25) is 0 Å². The largest absolute Gasteiger partial charge is 0.465 e. The number of sulfonamides is 1. The number of sulfone groups is 1. The normalized spacial score (nSPS) is 12.1. The molecular formula is C27H33N3O6S2. The quantitative estimate of drug-likeness (QED) is 0.338. The van der Waals surface area contributed by atoms with Gasteiger partial charge in [0.05, 0.1) is 9.79 Å². The number of aryl methyl sites for hydroxylation is 2. The second-order valence-corrected chi connectivity index (χ2v) is 13.4. The van der Waals surface area contributed by atoms with E-state index in [1.54, 1.807) is 6.92 Å². The number of hydrogen-bond donors (Lipinski definition) is 3. The van der Waals surface area contributed by atoms with Gasteiger partial charge in [0.25, 0.3) is 0 Å². The Kier molecular flexibility index (Phi) is 8.96. The third kappa shape index (κ3) is 7.18. The van der Waals surface area contributed by atoms with Crippen molar-refractivity contribution in [1.29, 1.82) is 0 Å². The molecule has 0 aliphatic heterocycles. The second-order valence-electron chi connectivity index (χ2n) is 9.67. The summed E-state index contributed by atoms with van der Waals surface area (Å²) in [5, 5.41) is 11.8. The van der Waals surface area contributed by atoms with Gasteiger partial charge >= 0.3 is 6.09 Å². The highest BCUT2D eigenvalue weighted by Crippen LogP contribution is 2.33. The molecule has 38 heavy (non-hydrogen) atoms. The molecule has 0 fully saturated rings. The molecule has 0 aliphatic rings. The summed E-state index contributed by atoms with van der Waals surface area (Å²) in [4.78, 5) is 16.1. The van der Waals surface area contributed by atoms with Gasteiger partial charge in [-0.2, -0.15) is 0 Å².